The van der Waals surface area contributed by atoms with Crippen LogP contribution < -0.4 is 0 Å². The monoisotopic (exact) mass is 686 g/mol. The lowest BCUT2D eigenvalue weighted by molar-refractivity contribution is -0.352. The number of Topliss-reactive ketones (excluding diaryl/α,β-unsaturated/α-hetero) is 1. The Bertz CT molecular complexity index is 1190. The molecule has 6 aliphatic rings. The second-order valence-corrected chi connectivity index (χ2v) is 16.2. The average molecular weight is 687 g/mol. The molecule has 0 bridgehead atoms. The molecule has 4 aliphatic carbocycles. The largest absolute Gasteiger partial charge is 0.390 e. The van der Waals surface area contributed by atoms with Gasteiger partial charge in [0.2, 0.25) is 0 Å². The molecule has 0 aromatic heterocycles. The van der Waals surface area contributed by atoms with Gasteiger partial charge in [0.25, 0.3) is 0 Å². The lowest BCUT2D eigenvalue weighted by Crippen LogP contribution is -2.80. The van der Waals surface area contributed by atoms with E-state index in [0.29, 0.717) is 38.5 Å². The van der Waals surface area contributed by atoms with Crippen LogP contribution in [0.2, 0.25) is 0 Å². The molecule has 0 aromatic carbocycles. The van der Waals surface area contributed by atoms with Crippen molar-refractivity contribution in [2.45, 2.75) is 171 Å². The predicted octanol–water partition coefficient (Wildman–Crippen LogP) is 0.808. The zero-order chi connectivity index (χ0) is 35.1. The maximum atomic E-state index is 12.6. The number of carbonyl (C=O) groups is 1. The van der Waals surface area contributed by atoms with Crippen molar-refractivity contribution in [3.63, 3.8) is 0 Å². The molecule has 48 heavy (non-hydrogen) atoms. The van der Waals surface area contributed by atoms with Gasteiger partial charge >= 0.3 is 0 Å². The predicted molar refractivity (Wildman–Crippen MR) is 168 cm³/mol. The number of methoxy groups -OCH3 is 2. The van der Waals surface area contributed by atoms with Crippen molar-refractivity contribution in [1.29, 1.82) is 0 Å². The van der Waals surface area contributed by atoms with E-state index in [1.54, 1.807) is 21.0 Å². The van der Waals surface area contributed by atoms with Gasteiger partial charge in [0, 0.05) is 37.9 Å². The van der Waals surface area contributed by atoms with Crippen LogP contribution in [0.25, 0.3) is 0 Å². The lowest BCUT2D eigenvalue weighted by Gasteiger charge is -2.69. The third-order valence-electron chi connectivity index (χ3n) is 14.1. The van der Waals surface area contributed by atoms with Crippen molar-refractivity contribution in [1.82, 2.24) is 0 Å². The first-order chi connectivity index (χ1) is 22.5. The van der Waals surface area contributed by atoms with Crippen LogP contribution in [0.4, 0.5) is 0 Å². The minimum atomic E-state index is -1.71. The SMILES string of the molecule is CO[C@H]1[C@@H](O)[C@H](O[C@H]2[C@@H](OC)C[C@H](O[C@H]3CC[C@@]4(C)C(CC[C@]5(O)[C@@H]4[C@H](O)[C@@H](O)[C@]4(C)[C@H](C(C)=O)CC[C@@]45O)C3)O[C@@H]2C)O[C@H](C)[C@H]1O. The molecule has 2 saturated heterocycles. The minimum Gasteiger partial charge on any atom is -0.390 e. The van der Waals surface area contributed by atoms with Gasteiger partial charge in [-0.2, -0.15) is 0 Å². The Labute approximate surface area is 283 Å². The fourth-order valence-corrected chi connectivity index (χ4v) is 11.4. The van der Waals surface area contributed by atoms with E-state index < -0.39 is 101 Å². The van der Waals surface area contributed by atoms with E-state index in [1.807, 2.05) is 6.92 Å². The number of rotatable bonds is 7. The highest BCUT2D eigenvalue weighted by Crippen LogP contribution is 2.70. The summed E-state index contributed by atoms with van der Waals surface area (Å²) in [5, 5.41) is 69.2. The molecule has 0 radical (unpaired) electrons. The summed E-state index contributed by atoms with van der Waals surface area (Å²) in [6.07, 6.45) is -6.02. The highest BCUT2D eigenvalue weighted by molar-refractivity contribution is 5.80. The number of ether oxygens (including phenoxy) is 6. The quantitative estimate of drug-likeness (QED) is 0.206. The Hall–Kier alpha value is -0.810. The van der Waals surface area contributed by atoms with Crippen molar-refractivity contribution in [2.75, 3.05) is 14.2 Å². The molecule has 6 rings (SSSR count). The van der Waals surface area contributed by atoms with Gasteiger partial charge in [0.15, 0.2) is 12.6 Å². The third-order valence-corrected chi connectivity index (χ3v) is 14.1. The van der Waals surface area contributed by atoms with Crippen molar-refractivity contribution < 1.29 is 63.9 Å². The summed E-state index contributed by atoms with van der Waals surface area (Å²) in [6, 6.07) is 0. The molecule has 4 saturated carbocycles. The fourth-order valence-electron chi connectivity index (χ4n) is 11.4. The minimum absolute atomic E-state index is 0.0488. The Morgan fingerprint density at radius 3 is 2.15 bits per heavy atom. The standard InChI is InChI=1S/C35H58O13/c1-16(36)21-10-13-35(42)33(21,5)30(40)26(39)29-32(4)11-9-20(14-19(32)8-12-34(29,35)41)47-23-15-22(43-6)27(18(3)45-23)48-31-25(38)28(44-7)24(37)17(2)46-31/h17-31,37-42H,8-15H2,1-7H3/t17-,18-,19?,20+,21+,22+,23+,24-,25-,26+,27-,28-,29-,30-,31+,32+,33+,34+,35-/m1/s1. The average Bonchev–Trinajstić information content (AvgIpc) is 3.33. The van der Waals surface area contributed by atoms with Gasteiger partial charge in [0.1, 0.15) is 35.8 Å². The Morgan fingerprint density at radius 1 is 0.792 bits per heavy atom. The van der Waals surface area contributed by atoms with E-state index in [4.69, 9.17) is 28.4 Å². The molecule has 0 aromatic rings. The molecule has 6 fully saturated rings. The van der Waals surface area contributed by atoms with Crippen LogP contribution in [0.15, 0.2) is 0 Å². The summed E-state index contributed by atoms with van der Waals surface area (Å²) in [7, 11) is 3.00. The van der Waals surface area contributed by atoms with Gasteiger partial charge in [-0.25, -0.2) is 0 Å². The lowest BCUT2D eigenvalue weighted by atomic mass is 9.40. The number of carbonyl (C=O) groups excluding carboxylic acids is 1. The van der Waals surface area contributed by atoms with Crippen LogP contribution in [-0.2, 0) is 33.2 Å². The van der Waals surface area contributed by atoms with E-state index in [1.165, 1.54) is 14.0 Å². The molecule has 6 N–H and O–H groups in total. The van der Waals surface area contributed by atoms with Crippen LogP contribution in [0.3, 0.4) is 0 Å². The molecule has 13 heteroatoms. The van der Waals surface area contributed by atoms with Crippen LogP contribution in [0.1, 0.15) is 86.0 Å². The highest BCUT2D eigenvalue weighted by atomic mass is 16.7. The number of aliphatic hydroxyl groups excluding tert-OH is 4. The normalized spacial score (nSPS) is 57.0. The van der Waals surface area contributed by atoms with Crippen LogP contribution in [0.5, 0.6) is 0 Å². The number of ketones is 1. The third kappa shape index (κ3) is 5.29. The highest BCUT2D eigenvalue weighted by Gasteiger charge is 2.79. The van der Waals surface area contributed by atoms with Gasteiger partial charge < -0.3 is 59.1 Å². The Morgan fingerprint density at radius 2 is 1.50 bits per heavy atom. The van der Waals surface area contributed by atoms with Crippen LogP contribution in [0, 0.1) is 28.6 Å². The van der Waals surface area contributed by atoms with Gasteiger partial charge in [0.05, 0.1) is 42.2 Å². The van der Waals surface area contributed by atoms with Gasteiger partial charge in [-0.3, -0.25) is 4.79 Å². The molecule has 2 aliphatic heterocycles. The maximum Gasteiger partial charge on any atom is 0.187 e. The first-order valence-electron chi connectivity index (χ1n) is 17.8. The van der Waals surface area contributed by atoms with Gasteiger partial charge in [-0.05, 0) is 77.0 Å². The number of hydrogen-bond acceptors (Lipinski definition) is 13. The molecule has 1 unspecified atom stereocenters. The van der Waals surface area contributed by atoms with E-state index in [9.17, 15) is 35.4 Å². The number of hydrogen-bond donors (Lipinski definition) is 6. The van der Waals surface area contributed by atoms with Crippen LogP contribution in [-0.4, -0.2) is 135 Å². The summed E-state index contributed by atoms with van der Waals surface area (Å²) >= 11 is 0. The zero-order valence-electron chi connectivity index (χ0n) is 29.4. The van der Waals surface area contributed by atoms with Crippen molar-refractivity contribution in [3.05, 3.63) is 0 Å². The van der Waals surface area contributed by atoms with Crippen molar-refractivity contribution >= 4 is 5.78 Å². The summed E-state index contributed by atoms with van der Waals surface area (Å²) in [6.45, 7) is 8.70. The number of fused-ring (bicyclic) bond motifs is 5. The van der Waals surface area contributed by atoms with E-state index in [-0.39, 0.29) is 30.6 Å². The van der Waals surface area contributed by atoms with Crippen molar-refractivity contribution in [2.24, 2.45) is 28.6 Å². The zero-order valence-corrected chi connectivity index (χ0v) is 29.4. The molecular weight excluding hydrogens is 628 g/mol. The molecule has 13 nitrogen and oxygen atoms in total. The van der Waals surface area contributed by atoms with E-state index >= 15 is 0 Å². The van der Waals surface area contributed by atoms with Crippen molar-refractivity contribution in [3.8, 4) is 0 Å². The molecule has 19 atom stereocenters. The smallest absolute Gasteiger partial charge is 0.187 e. The summed E-state index contributed by atoms with van der Waals surface area (Å²) in [5.74, 6) is -1.53. The molecule has 0 amide bonds. The van der Waals surface area contributed by atoms with Gasteiger partial charge in [-0.1, -0.05) is 13.8 Å². The first-order valence-corrected chi connectivity index (χ1v) is 17.8. The Kier molecular flexibility index (Phi) is 10.0. The summed E-state index contributed by atoms with van der Waals surface area (Å²) in [4.78, 5) is 12.6. The maximum absolute atomic E-state index is 12.6. The summed E-state index contributed by atoms with van der Waals surface area (Å²) in [5.41, 5.74) is -5.30. The Balaban J connectivity index is 1.12. The van der Waals surface area contributed by atoms with E-state index in [2.05, 4.69) is 6.92 Å². The second kappa shape index (κ2) is 13.0. The van der Waals surface area contributed by atoms with Crippen LogP contribution >= 0.6 is 0 Å². The topological polar surface area (TPSA) is 194 Å². The van der Waals surface area contributed by atoms with E-state index in [0.717, 1.165) is 0 Å². The molecular formula is C35H58O13. The summed E-state index contributed by atoms with van der Waals surface area (Å²) < 4.78 is 35.9. The molecule has 276 valence electrons. The second-order valence-electron chi connectivity index (χ2n) is 16.2. The number of aliphatic hydroxyl groups is 6. The van der Waals surface area contributed by atoms with Gasteiger partial charge in [-0.15, -0.1) is 0 Å². The molecule has 0 spiro atoms. The molecule has 2 heterocycles. The fraction of sp³-hybridized carbons (Fsp3) is 0.971. The first kappa shape index (κ1) is 37.0.